The number of piperazine rings is 1. The summed E-state index contributed by atoms with van der Waals surface area (Å²) in [5.74, 6) is 0.275. The van der Waals surface area contributed by atoms with E-state index in [1.807, 2.05) is 0 Å². The summed E-state index contributed by atoms with van der Waals surface area (Å²) in [6.45, 7) is 4.07. The lowest BCUT2D eigenvalue weighted by atomic mass is 10.2. The molecule has 1 aliphatic rings. The second-order valence-corrected chi connectivity index (χ2v) is 7.19. The molecule has 0 bridgehead atoms. The minimum absolute atomic E-state index is 0.0371. The lowest BCUT2D eigenvalue weighted by molar-refractivity contribution is -0.138. The summed E-state index contributed by atoms with van der Waals surface area (Å²) in [7, 11) is 1.58. The van der Waals surface area contributed by atoms with Crippen LogP contribution in [0.2, 0.25) is 0 Å². The van der Waals surface area contributed by atoms with Gasteiger partial charge in [-0.25, -0.2) is 4.39 Å². The van der Waals surface area contributed by atoms with Gasteiger partial charge in [0.25, 0.3) is 0 Å². The second kappa shape index (κ2) is 11.6. The predicted molar refractivity (Wildman–Crippen MR) is 110 cm³/mol. The number of halogens is 1. The largest absolute Gasteiger partial charge is 0.482 e. The fraction of sp³-hybridized carbons (Fsp3) is 0.455. The van der Waals surface area contributed by atoms with Crippen LogP contribution in [0.15, 0.2) is 45.8 Å². The van der Waals surface area contributed by atoms with E-state index in [9.17, 15) is 14.0 Å². The van der Waals surface area contributed by atoms with Gasteiger partial charge in [0, 0.05) is 39.4 Å². The lowest BCUT2D eigenvalue weighted by Gasteiger charge is -2.34. The van der Waals surface area contributed by atoms with Gasteiger partial charge in [0.05, 0.1) is 19.8 Å². The van der Waals surface area contributed by atoms with E-state index in [2.05, 4.69) is 4.90 Å². The summed E-state index contributed by atoms with van der Waals surface area (Å²) in [6.07, 6.45) is 1.30. The van der Waals surface area contributed by atoms with Crippen molar-refractivity contribution < 1.29 is 27.8 Å². The Morgan fingerprint density at radius 3 is 2.55 bits per heavy atom. The number of carbonyl (C=O) groups excluding carboxylic acids is 1. The van der Waals surface area contributed by atoms with Crippen molar-refractivity contribution >= 4 is 5.91 Å². The van der Waals surface area contributed by atoms with Crippen LogP contribution >= 0.6 is 0 Å². The SMILES string of the molecule is COCCOCC(=O)N1CCN(Cc2cc(=O)c(OCc3ccc(F)cc3)co2)CC1. The van der Waals surface area contributed by atoms with Crippen LogP contribution in [-0.2, 0) is 27.4 Å². The third kappa shape index (κ3) is 7.16. The highest BCUT2D eigenvalue weighted by Gasteiger charge is 2.21. The van der Waals surface area contributed by atoms with Crippen molar-refractivity contribution in [3.8, 4) is 5.75 Å². The smallest absolute Gasteiger partial charge is 0.248 e. The fourth-order valence-electron chi connectivity index (χ4n) is 3.14. The van der Waals surface area contributed by atoms with Gasteiger partial charge >= 0.3 is 0 Å². The van der Waals surface area contributed by atoms with E-state index in [4.69, 9.17) is 18.6 Å². The van der Waals surface area contributed by atoms with Crippen LogP contribution < -0.4 is 10.2 Å². The Morgan fingerprint density at radius 1 is 1.13 bits per heavy atom. The fourth-order valence-corrected chi connectivity index (χ4v) is 3.14. The summed E-state index contributed by atoms with van der Waals surface area (Å²) < 4.78 is 34.2. The van der Waals surface area contributed by atoms with Crippen molar-refractivity contribution in [2.24, 2.45) is 0 Å². The molecule has 0 N–H and O–H groups in total. The number of carbonyl (C=O) groups is 1. The van der Waals surface area contributed by atoms with Crippen LogP contribution in [0.3, 0.4) is 0 Å². The quantitative estimate of drug-likeness (QED) is 0.526. The topological polar surface area (TPSA) is 81.5 Å². The molecule has 1 fully saturated rings. The molecule has 31 heavy (non-hydrogen) atoms. The van der Waals surface area contributed by atoms with Crippen LogP contribution in [0, 0.1) is 5.82 Å². The van der Waals surface area contributed by atoms with Gasteiger partial charge in [-0.2, -0.15) is 0 Å². The Bertz CT molecular complexity index is 894. The molecule has 1 saturated heterocycles. The standard InChI is InChI=1S/C22H27FN2O6/c1-28-10-11-29-16-22(27)25-8-6-24(7-9-25)13-19-12-20(26)21(15-30-19)31-14-17-2-4-18(23)5-3-17/h2-5,12,15H,6-11,13-14,16H2,1H3. The van der Waals surface area contributed by atoms with Crippen molar-refractivity contribution in [3.63, 3.8) is 0 Å². The molecular weight excluding hydrogens is 407 g/mol. The zero-order valence-electron chi connectivity index (χ0n) is 17.5. The maximum Gasteiger partial charge on any atom is 0.248 e. The first-order chi connectivity index (χ1) is 15.0. The Hall–Kier alpha value is -2.75. The molecule has 1 amide bonds. The number of ether oxygens (including phenoxy) is 3. The number of hydrogen-bond acceptors (Lipinski definition) is 7. The molecule has 1 aliphatic heterocycles. The highest BCUT2D eigenvalue weighted by molar-refractivity contribution is 5.77. The summed E-state index contributed by atoms with van der Waals surface area (Å²) in [5, 5.41) is 0. The third-order valence-electron chi connectivity index (χ3n) is 4.92. The molecule has 0 saturated carbocycles. The van der Waals surface area contributed by atoms with Gasteiger partial charge in [0.1, 0.15) is 31.1 Å². The van der Waals surface area contributed by atoms with E-state index in [0.29, 0.717) is 51.7 Å². The number of methoxy groups -OCH3 is 1. The van der Waals surface area contributed by atoms with Gasteiger partial charge < -0.3 is 23.5 Å². The van der Waals surface area contributed by atoms with E-state index in [1.165, 1.54) is 24.5 Å². The summed E-state index contributed by atoms with van der Waals surface area (Å²) in [5.41, 5.74) is 0.478. The average molecular weight is 434 g/mol. The number of hydrogen-bond donors (Lipinski definition) is 0. The van der Waals surface area contributed by atoms with E-state index in [1.54, 1.807) is 24.1 Å². The van der Waals surface area contributed by atoms with Crippen LogP contribution in [-0.4, -0.2) is 68.8 Å². The average Bonchev–Trinajstić information content (AvgIpc) is 2.78. The zero-order valence-corrected chi connectivity index (χ0v) is 17.5. The van der Waals surface area contributed by atoms with Crippen LogP contribution in [0.25, 0.3) is 0 Å². The van der Waals surface area contributed by atoms with Gasteiger partial charge in [-0.15, -0.1) is 0 Å². The monoisotopic (exact) mass is 434 g/mol. The summed E-state index contributed by atoms with van der Waals surface area (Å²) in [6, 6.07) is 7.29. The zero-order chi connectivity index (χ0) is 22.1. The normalized spacial score (nSPS) is 14.6. The first-order valence-corrected chi connectivity index (χ1v) is 10.1. The maximum absolute atomic E-state index is 12.9. The molecule has 0 spiro atoms. The molecule has 0 unspecified atom stereocenters. The summed E-state index contributed by atoms with van der Waals surface area (Å²) in [4.78, 5) is 28.3. The van der Waals surface area contributed by atoms with E-state index < -0.39 is 0 Å². The van der Waals surface area contributed by atoms with Gasteiger partial charge in [-0.1, -0.05) is 12.1 Å². The number of nitrogens with zero attached hydrogens (tertiary/aromatic N) is 2. The molecule has 2 aromatic rings. The molecule has 168 valence electrons. The van der Waals surface area contributed by atoms with Crippen LogP contribution in [0.5, 0.6) is 5.75 Å². The Kier molecular flexibility index (Phi) is 8.57. The van der Waals surface area contributed by atoms with Crippen LogP contribution in [0.1, 0.15) is 11.3 Å². The molecule has 2 heterocycles. The highest BCUT2D eigenvalue weighted by Crippen LogP contribution is 2.13. The maximum atomic E-state index is 12.9. The Balaban J connectivity index is 1.43. The minimum Gasteiger partial charge on any atom is -0.482 e. The van der Waals surface area contributed by atoms with Gasteiger partial charge in [-0.3, -0.25) is 14.5 Å². The number of amides is 1. The number of rotatable bonds is 10. The Morgan fingerprint density at radius 2 is 1.87 bits per heavy atom. The molecule has 0 atom stereocenters. The van der Waals surface area contributed by atoms with Crippen molar-refractivity contribution in [3.05, 3.63) is 64.0 Å². The molecular formula is C22H27FN2O6. The predicted octanol–water partition coefficient (Wildman–Crippen LogP) is 1.67. The second-order valence-electron chi connectivity index (χ2n) is 7.19. The summed E-state index contributed by atoms with van der Waals surface area (Å²) >= 11 is 0. The van der Waals surface area contributed by atoms with Gasteiger partial charge in [0.2, 0.25) is 17.1 Å². The van der Waals surface area contributed by atoms with E-state index in [-0.39, 0.29) is 36.1 Å². The third-order valence-corrected chi connectivity index (χ3v) is 4.92. The molecule has 1 aromatic heterocycles. The lowest BCUT2D eigenvalue weighted by Crippen LogP contribution is -2.49. The van der Waals surface area contributed by atoms with Crippen LogP contribution in [0.4, 0.5) is 4.39 Å². The molecule has 9 heteroatoms. The number of benzene rings is 1. The van der Waals surface area contributed by atoms with Crippen molar-refractivity contribution in [1.29, 1.82) is 0 Å². The molecule has 0 radical (unpaired) electrons. The Labute approximate surface area is 180 Å². The molecule has 1 aromatic carbocycles. The van der Waals surface area contributed by atoms with Gasteiger partial charge in [0.15, 0.2) is 0 Å². The molecule has 8 nitrogen and oxygen atoms in total. The first-order valence-electron chi connectivity index (χ1n) is 10.1. The van der Waals surface area contributed by atoms with Crippen molar-refractivity contribution in [1.82, 2.24) is 9.80 Å². The van der Waals surface area contributed by atoms with Crippen molar-refractivity contribution in [2.45, 2.75) is 13.2 Å². The first kappa shape index (κ1) is 22.9. The van der Waals surface area contributed by atoms with Gasteiger partial charge in [-0.05, 0) is 17.7 Å². The van der Waals surface area contributed by atoms with E-state index in [0.717, 1.165) is 5.56 Å². The van der Waals surface area contributed by atoms with E-state index >= 15 is 0 Å². The van der Waals surface area contributed by atoms with Crippen molar-refractivity contribution in [2.75, 3.05) is 53.1 Å². The highest BCUT2D eigenvalue weighted by atomic mass is 19.1. The minimum atomic E-state index is -0.326. The molecule has 0 aliphatic carbocycles. The molecule has 3 rings (SSSR count).